The van der Waals surface area contributed by atoms with Gasteiger partial charge in [0.05, 0.1) is 18.8 Å². The monoisotopic (exact) mass is 410 g/mol. The van der Waals surface area contributed by atoms with Crippen molar-refractivity contribution in [3.05, 3.63) is 60.0 Å². The van der Waals surface area contributed by atoms with Crippen molar-refractivity contribution in [2.24, 2.45) is 0 Å². The molecule has 0 N–H and O–H groups in total. The molecule has 0 radical (unpaired) electrons. The van der Waals surface area contributed by atoms with Crippen molar-refractivity contribution in [3.8, 4) is 22.9 Å². The predicted octanol–water partition coefficient (Wildman–Crippen LogP) is 3.66. The van der Waals surface area contributed by atoms with E-state index in [4.69, 9.17) is 23.5 Å². The number of carbonyl (C=O) groups excluding carboxylic acids is 1. The zero-order valence-corrected chi connectivity index (χ0v) is 16.6. The van der Waals surface area contributed by atoms with Crippen molar-refractivity contribution in [3.63, 3.8) is 0 Å². The van der Waals surface area contributed by atoms with Crippen LogP contribution in [0, 0.1) is 0 Å². The van der Waals surface area contributed by atoms with E-state index < -0.39 is 5.97 Å². The first-order chi connectivity index (χ1) is 14.7. The summed E-state index contributed by atoms with van der Waals surface area (Å²) in [4.78, 5) is 16.5. The maximum Gasteiger partial charge on any atom is 0.338 e. The van der Waals surface area contributed by atoms with Gasteiger partial charge in [0.15, 0.2) is 6.61 Å². The molecule has 3 aromatic rings. The third kappa shape index (κ3) is 4.96. The zero-order valence-electron chi connectivity index (χ0n) is 16.6. The number of ether oxygens (including phenoxy) is 4. The number of hydrogen-bond acceptors (Lipinski definition) is 8. The second-order valence-electron chi connectivity index (χ2n) is 6.79. The van der Waals surface area contributed by atoms with Crippen LogP contribution in [0.4, 0.5) is 0 Å². The van der Waals surface area contributed by atoms with Gasteiger partial charge in [0.1, 0.15) is 18.1 Å². The van der Waals surface area contributed by atoms with Crippen LogP contribution in [-0.2, 0) is 16.1 Å². The molecule has 0 aliphatic carbocycles. The standard InChI is InChI=1S/C22H22N2O6/c1-26-18-5-2-4-16(12-18)21-23-20(30-24-21)14-29-22(25)15-7-9-17(10-8-15)28-13-19-6-3-11-27-19/h2,4-5,7-10,12,19H,3,6,11,13-14H2,1H3. The van der Waals surface area contributed by atoms with Gasteiger partial charge < -0.3 is 23.5 Å². The highest BCUT2D eigenvalue weighted by atomic mass is 16.6. The number of benzene rings is 2. The molecule has 2 aromatic carbocycles. The summed E-state index contributed by atoms with van der Waals surface area (Å²) < 4.78 is 26.8. The summed E-state index contributed by atoms with van der Waals surface area (Å²) in [5.41, 5.74) is 1.15. The van der Waals surface area contributed by atoms with Crippen molar-refractivity contribution >= 4 is 5.97 Å². The minimum Gasteiger partial charge on any atom is -0.497 e. The van der Waals surface area contributed by atoms with Gasteiger partial charge in [0.25, 0.3) is 5.89 Å². The first kappa shape index (κ1) is 19.9. The Morgan fingerprint density at radius 2 is 2.03 bits per heavy atom. The van der Waals surface area contributed by atoms with Crippen LogP contribution in [0.2, 0.25) is 0 Å². The van der Waals surface area contributed by atoms with Crippen molar-refractivity contribution in [2.45, 2.75) is 25.6 Å². The highest BCUT2D eigenvalue weighted by Gasteiger charge is 2.16. The first-order valence-electron chi connectivity index (χ1n) is 9.70. The van der Waals surface area contributed by atoms with Crippen molar-refractivity contribution in [2.75, 3.05) is 20.3 Å². The van der Waals surface area contributed by atoms with Crippen LogP contribution in [0.25, 0.3) is 11.4 Å². The molecule has 8 nitrogen and oxygen atoms in total. The van der Waals surface area contributed by atoms with E-state index in [1.165, 1.54) is 0 Å². The average molecular weight is 410 g/mol. The summed E-state index contributed by atoms with van der Waals surface area (Å²) in [7, 11) is 1.59. The SMILES string of the molecule is COc1cccc(-c2noc(COC(=O)c3ccc(OCC4CCCO4)cc3)n2)c1. The number of nitrogens with zero attached hydrogens (tertiary/aromatic N) is 2. The van der Waals surface area contributed by atoms with E-state index in [1.54, 1.807) is 37.4 Å². The largest absolute Gasteiger partial charge is 0.497 e. The lowest BCUT2D eigenvalue weighted by atomic mass is 10.2. The summed E-state index contributed by atoms with van der Waals surface area (Å²) in [5, 5.41) is 3.92. The Hall–Kier alpha value is -3.39. The van der Waals surface area contributed by atoms with E-state index in [9.17, 15) is 4.79 Å². The molecule has 0 bridgehead atoms. The van der Waals surface area contributed by atoms with E-state index in [-0.39, 0.29) is 18.6 Å². The van der Waals surface area contributed by atoms with Gasteiger partial charge >= 0.3 is 5.97 Å². The number of aromatic nitrogens is 2. The highest BCUT2D eigenvalue weighted by Crippen LogP contribution is 2.22. The topological polar surface area (TPSA) is 92.9 Å². The number of carbonyl (C=O) groups is 1. The van der Waals surface area contributed by atoms with Crippen LogP contribution in [0.5, 0.6) is 11.5 Å². The van der Waals surface area contributed by atoms with Crippen LogP contribution < -0.4 is 9.47 Å². The van der Waals surface area contributed by atoms with E-state index in [1.807, 2.05) is 18.2 Å². The van der Waals surface area contributed by atoms with Gasteiger partial charge in [-0.15, -0.1) is 0 Å². The van der Waals surface area contributed by atoms with Crippen LogP contribution in [0.1, 0.15) is 29.1 Å². The van der Waals surface area contributed by atoms with Gasteiger partial charge in [-0.2, -0.15) is 4.98 Å². The molecule has 1 saturated heterocycles. The van der Waals surface area contributed by atoms with Gasteiger partial charge in [-0.1, -0.05) is 17.3 Å². The number of rotatable bonds is 8. The fourth-order valence-corrected chi connectivity index (χ4v) is 3.06. The maximum atomic E-state index is 12.3. The Balaban J connectivity index is 1.29. The Kier molecular flexibility index (Phi) is 6.24. The van der Waals surface area contributed by atoms with Gasteiger partial charge in [-0.05, 0) is 49.2 Å². The summed E-state index contributed by atoms with van der Waals surface area (Å²) in [5.74, 6) is 1.49. The molecule has 2 heterocycles. The Morgan fingerprint density at radius 3 is 2.80 bits per heavy atom. The van der Waals surface area contributed by atoms with Crippen molar-refractivity contribution in [1.29, 1.82) is 0 Å². The van der Waals surface area contributed by atoms with Gasteiger partial charge in [-0.3, -0.25) is 0 Å². The molecule has 1 atom stereocenters. The third-order valence-electron chi connectivity index (χ3n) is 4.67. The Bertz CT molecular complexity index is 979. The summed E-state index contributed by atoms with van der Waals surface area (Å²) in [6.45, 7) is 1.18. The van der Waals surface area contributed by atoms with E-state index >= 15 is 0 Å². The van der Waals surface area contributed by atoms with E-state index in [2.05, 4.69) is 10.1 Å². The average Bonchev–Trinajstić information content (AvgIpc) is 3.49. The van der Waals surface area contributed by atoms with Crippen molar-refractivity contribution < 1.29 is 28.3 Å². The van der Waals surface area contributed by atoms with Crippen LogP contribution >= 0.6 is 0 Å². The molecule has 8 heteroatoms. The summed E-state index contributed by atoms with van der Waals surface area (Å²) in [6, 6.07) is 14.1. The molecular weight excluding hydrogens is 388 g/mol. The van der Waals surface area contributed by atoms with E-state index in [0.29, 0.717) is 29.5 Å². The molecule has 0 amide bonds. The maximum absolute atomic E-state index is 12.3. The van der Waals surface area contributed by atoms with Gasteiger partial charge in [0, 0.05) is 12.2 Å². The zero-order chi connectivity index (χ0) is 20.8. The normalized spacial score (nSPS) is 15.7. The lowest BCUT2D eigenvalue weighted by molar-refractivity contribution is 0.0429. The molecule has 4 rings (SSSR count). The molecule has 1 unspecified atom stereocenters. The second-order valence-corrected chi connectivity index (χ2v) is 6.79. The fourth-order valence-electron chi connectivity index (χ4n) is 3.06. The minimum atomic E-state index is -0.484. The predicted molar refractivity (Wildman–Crippen MR) is 106 cm³/mol. The molecular formula is C22H22N2O6. The number of methoxy groups -OCH3 is 1. The Labute approximate surface area is 173 Å². The molecule has 1 aromatic heterocycles. The fraction of sp³-hybridized carbons (Fsp3) is 0.318. The molecule has 0 saturated carbocycles. The quantitative estimate of drug-likeness (QED) is 0.520. The molecule has 0 spiro atoms. The van der Waals surface area contributed by atoms with Crippen LogP contribution in [-0.4, -0.2) is 42.5 Å². The summed E-state index contributed by atoms with van der Waals surface area (Å²) in [6.07, 6.45) is 2.23. The van der Waals surface area contributed by atoms with Crippen molar-refractivity contribution in [1.82, 2.24) is 10.1 Å². The second kappa shape index (κ2) is 9.41. The van der Waals surface area contributed by atoms with Gasteiger partial charge in [-0.25, -0.2) is 4.79 Å². The first-order valence-corrected chi connectivity index (χ1v) is 9.70. The number of esters is 1. The number of hydrogen-bond donors (Lipinski definition) is 0. The minimum absolute atomic E-state index is 0.118. The molecule has 30 heavy (non-hydrogen) atoms. The molecule has 156 valence electrons. The summed E-state index contributed by atoms with van der Waals surface area (Å²) >= 11 is 0. The molecule has 1 fully saturated rings. The lowest BCUT2D eigenvalue weighted by Crippen LogP contribution is -2.16. The molecule has 1 aliphatic rings. The Morgan fingerprint density at radius 1 is 1.17 bits per heavy atom. The van der Waals surface area contributed by atoms with Gasteiger partial charge in [0.2, 0.25) is 5.82 Å². The van der Waals surface area contributed by atoms with Crippen LogP contribution in [0.15, 0.2) is 53.1 Å². The smallest absolute Gasteiger partial charge is 0.338 e. The third-order valence-corrected chi connectivity index (χ3v) is 4.67. The molecule has 1 aliphatic heterocycles. The van der Waals surface area contributed by atoms with E-state index in [0.717, 1.165) is 25.0 Å². The highest BCUT2D eigenvalue weighted by molar-refractivity contribution is 5.89. The lowest BCUT2D eigenvalue weighted by Gasteiger charge is -2.11. The van der Waals surface area contributed by atoms with Crippen LogP contribution in [0.3, 0.4) is 0 Å².